The molecule has 0 bridgehead atoms. The summed E-state index contributed by atoms with van der Waals surface area (Å²) in [5.74, 6) is 0.259. The van der Waals surface area contributed by atoms with E-state index < -0.39 is 5.97 Å². The number of anilines is 1. The fraction of sp³-hybridized carbons (Fsp3) is 0.263. The molecule has 132 valence electrons. The van der Waals surface area contributed by atoms with Crippen LogP contribution in [0.1, 0.15) is 32.9 Å². The lowest BCUT2D eigenvalue weighted by molar-refractivity contribution is 0.0691. The third-order valence-corrected chi connectivity index (χ3v) is 4.81. The Morgan fingerprint density at radius 1 is 1.15 bits per heavy atom. The van der Waals surface area contributed by atoms with Crippen LogP contribution < -0.4 is 4.90 Å². The fourth-order valence-electron chi connectivity index (χ4n) is 3.21. The van der Waals surface area contributed by atoms with Crippen LogP contribution in [0, 0.1) is 13.8 Å². The summed E-state index contributed by atoms with van der Waals surface area (Å²) in [4.78, 5) is 26.6. The average molecular weight is 349 g/mol. The molecule has 1 aromatic carbocycles. The lowest BCUT2D eigenvalue weighted by Crippen LogP contribution is -2.32. The number of aromatic carboxylic acids is 1. The number of rotatable bonds is 3. The lowest BCUT2D eigenvalue weighted by Gasteiger charge is -2.29. The second kappa shape index (κ2) is 6.25. The van der Waals surface area contributed by atoms with Crippen molar-refractivity contribution in [3.05, 3.63) is 64.9 Å². The zero-order chi connectivity index (χ0) is 18.3. The minimum Gasteiger partial charge on any atom is -0.476 e. The van der Waals surface area contributed by atoms with Crippen molar-refractivity contribution in [3.63, 3.8) is 0 Å². The molecule has 0 atom stereocenters. The maximum absolute atomic E-state index is 11.1. The van der Waals surface area contributed by atoms with E-state index in [9.17, 15) is 4.79 Å². The van der Waals surface area contributed by atoms with Crippen LogP contribution in [0.4, 0.5) is 5.95 Å². The Hall–Kier alpha value is -3.22. The van der Waals surface area contributed by atoms with Crippen LogP contribution in [-0.4, -0.2) is 37.1 Å². The van der Waals surface area contributed by atoms with Crippen LogP contribution in [0.2, 0.25) is 0 Å². The molecule has 0 saturated carbocycles. The number of carbonyl (C=O) groups is 1. The molecule has 1 aliphatic rings. The SMILES string of the molecule is Cc1nc(N2CCc3ccccc3C2)nc(-n2cnc(C(=O)O)c2)c1C. The highest BCUT2D eigenvalue weighted by molar-refractivity contribution is 5.85. The predicted octanol–water partition coefficient (Wildman–Crippen LogP) is 2.54. The quantitative estimate of drug-likeness (QED) is 0.782. The van der Waals surface area contributed by atoms with Crippen molar-refractivity contribution in [1.82, 2.24) is 19.5 Å². The van der Waals surface area contributed by atoms with Crippen molar-refractivity contribution in [1.29, 1.82) is 0 Å². The van der Waals surface area contributed by atoms with Crippen LogP contribution in [0.15, 0.2) is 36.8 Å². The van der Waals surface area contributed by atoms with Gasteiger partial charge in [0.2, 0.25) is 5.95 Å². The monoisotopic (exact) mass is 349 g/mol. The Balaban J connectivity index is 1.72. The molecule has 3 aromatic rings. The summed E-state index contributed by atoms with van der Waals surface area (Å²) in [6.45, 7) is 5.49. The molecular weight excluding hydrogens is 330 g/mol. The summed E-state index contributed by atoms with van der Waals surface area (Å²) in [6, 6.07) is 8.42. The van der Waals surface area contributed by atoms with Crippen molar-refractivity contribution >= 4 is 11.9 Å². The predicted molar refractivity (Wildman–Crippen MR) is 96.8 cm³/mol. The van der Waals surface area contributed by atoms with E-state index in [1.165, 1.54) is 23.7 Å². The number of carboxylic acids is 1. The van der Waals surface area contributed by atoms with E-state index in [-0.39, 0.29) is 5.69 Å². The number of carboxylic acid groups (broad SMARTS) is 1. The molecule has 0 unspecified atom stereocenters. The third kappa shape index (κ3) is 2.81. The largest absolute Gasteiger partial charge is 0.476 e. The first-order chi connectivity index (χ1) is 12.5. The molecule has 7 heteroatoms. The molecule has 1 N–H and O–H groups in total. The van der Waals surface area contributed by atoms with Crippen molar-refractivity contribution in [2.75, 3.05) is 11.4 Å². The molecule has 1 aliphatic heterocycles. The smallest absolute Gasteiger partial charge is 0.356 e. The Morgan fingerprint density at radius 2 is 1.92 bits per heavy atom. The second-order valence-electron chi connectivity index (χ2n) is 6.47. The highest BCUT2D eigenvalue weighted by Gasteiger charge is 2.20. The van der Waals surface area contributed by atoms with Gasteiger partial charge in [-0.3, -0.25) is 4.57 Å². The second-order valence-corrected chi connectivity index (χ2v) is 6.47. The molecule has 4 rings (SSSR count). The highest BCUT2D eigenvalue weighted by atomic mass is 16.4. The summed E-state index contributed by atoms with van der Waals surface area (Å²) in [7, 11) is 0. The number of hydrogen-bond acceptors (Lipinski definition) is 5. The van der Waals surface area contributed by atoms with Gasteiger partial charge >= 0.3 is 5.97 Å². The minimum absolute atomic E-state index is 0.00545. The van der Waals surface area contributed by atoms with E-state index in [4.69, 9.17) is 10.1 Å². The lowest BCUT2D eigenvalue weighted by atomic mass is 10.0. The van der Waals surface area contributed by atoms with Gasteiger partial charge in [0, 0.05) is 30.5 Å². The average Bonchev–Trinajstić information content (AvgIpc) is 3.13. The Morgan fingerprint density at radius 3 is 2.65 bits per heavy atom. The Bertz CT molecular complexity index is 995. The fourth-order valence-corrected chi connectivity index (χ4v) is 3.21. The van der Waals surface area contributed by atoms with E-state index in [0.717, 1.165) is 30.8 Å². The molecular formula is C19H19N5O2. The van der Waals surface area contributed by atoms with Crippen molar-refractivity contribution in [3.8, 4) is 5.82 Å². The molecule has 0 spiro atoms. The zero-order valence-electron chi connectivity index (χ0n) is 14.7. The number of aryl methyl sites for hydroxylation is 1. The van der Waals surface area contributed by atoms with E-state index in [1.807, 2.05) is 19.9 Å². The zero-order valence-corrected chi connectivity index (χ0v) is 14.7. The molecule has 0 fully saturated rings. The molecule has 0 saturated heterocycles. The van der Waals surface area contributed by atoms with E-state index in [2.05, 4.69) is 33.1 Å². The van der Waals surface area contributed by atoms with E-state index in [1.54, 1.807) is 4.57 Å². The van der Waals surface area contributed by atoms with Gasteiger partial charge in [0.25, 0.3) is 0 Å². The first kappa shape index (κ1) is 16.3. The number of nitrogens with zero attached hydrogens (tertiary/aromatic N) is 5. The van der Waals surface area contributed by atoms with Gasteiger partial charge in [-0.25, -0.2) is 14.8 Å². The van der Waals surface area contributed by atoms with Gasteiger partial charge in [0.15, 0.2) is 5.69 Å². The standard InChI is InChI=1S/C19H19N5O2/c1-12-13(2)21-19(22-17(12)24-10-16(18(25)26)20-11-24)23-8-7-14-5-3-4-6-15(14)9-23/h3-6,10-11H,7-9H2,1-2H3,(H,25,26). The minimum atomic E-state index is -1.06. The van der Waals surface area contributed by atoms with Gasteiger partial charge in [0.1, 0.15) is 12.1 Å². The molecule has 7 nitrogen and oxygen atoms in total. The summed E-state index contributed by atoms with van der Waals surface area (Å²) in [5.41, 5.74) is 4.43. The number of imidazole rings is 1. The number of aromatic nitrogens is 4. The summed E-state index contributed by atoms with van der Waals surface area (Å²) < 4.78 is 1.65. The first-order valence-corrected chi connectivity index (χ1v) is 8.47. The van der Waals surface area contributed by atoms with Crippen molar-refractivity contribution < 1.29 is 9.90 Å². The van der Waals surface area contributed by atoms with E-state index in [0.29, 0.717) is 11.8 Å². The highest BCUT2D eigenvalue weighted by Crippen LogP contribution is 2.24. The summed E-state index contributed by atoms with van der Waals surface area (Å²) in [5, 5.41) is 9.10. The maximum Gasteiger partial charge on any atom is 0.356 e. The van der Waals surface area contributed by atoms with Gasteiger partial charge in [-0.2, -0.15) is 4.98 Å². The molecule has 0 amide bonds. The molecule has 0 aliphatic carbocycles. The number of fused-ring (bicyclic) bond motifs is 1. The van der Waals surface area contributed by atoms with Crippen molar-refractivity contribution in [2.45, 2.75) is 26.8 Å². The van der Waals surface area contributed by atoms with Gasteiger partial charge in [-0.05, 0) is 31.4 Å². The van der Waals surface area contributed by atoms with Crippen LogP contribution in [0.25, 0.3) is 5.82 Å². The van der Waals surface area contributed by atoms with Gasteiger partial charge in [0.05, 0.1) is 0 Å². The van der Waals surface area contributed by atoms with Gasteiger partial charge in [-0.1, -0.05) is 24.3 Å². The Labute approximate surface area is 151 Å². The molecule has 3 heterocycles. The van der Waals surface area contributed by atoms with Crippen LogP contribution in [0.5, 0.6) is 0 Å². The molecule has 2 aromatic heterocycles. The number of benzene rings is 1. The van der Waals surface area contributed by atoms with Gasteiger partial charge < -0.3 is 10.0 Å². The van der Waals surface area contributed by atoms with Crippen LogP contribution >= 0.6 is 0 Å². The summed E-state index contributed by atoms with van der Waals surface area (Å²) in [6.07, 6.45) is 3.91. The topological polar surface area (TPSA) is 84.1 Å². The first-order valence-electron chi connectivity index (χ1n) is 8.47. The molecule has 26 heavy (non-hydrogen) atoms. The normalized spacial score (nSPS) is 13.5. The van der Waals surface area contributed by atoms with Crippen LogP contribution in [0.3, 0.4) is 0 Å². The van der Waals surface area contributed by atoms with Crippen molar-refractivity contribution in [2.24, 2.45) is 0 Å². The van der Waals surface area contributed by atoms with E-state index >= 15 is 0 Å². The third-order valence-electron chi connectivity index (χ3n) is 4.81. The van der Waals surface area contributed by atoms with Crippen LogP contribution in [-0.2, 0) is 13.0 Å². The molecule has 0 radical (unpaired) electrons. The van der Waals surface area contributed by atoms with Gasteiger partial charge in [-0.15, -0.1) is 0 Å². The number of hydrogen-bond donors (Lipinski definition) is 1. The summed E-state index contributed by atoms with van der Waals surface area (Å²) >= 11 is 0. The Kier molecular flexibility index (Phi) is 3.91. The maximum atomic E-state index is 11.1.